The van der Waals surface area contributed by atoms with Crippen LogP contribution < -0.4 is 0 Å². The average Bonchev–Trinajstić information content (AvgIpc) is 3.73. The Morgan fingerprint density at radius 3 is 1.65 bits per heavy atom. The van der Waals surface area contributed by atoms with Crippen LogP contribution >= 0.6 is 0 Å². The van der Waals surface area contributed by atoms with Crippen molar-refractivity contribution in [3.05, 3.63) is 158 Å². The summed E-state index contributed by atoms with van der Waals surface area (Å²) in [6.07, 6.45) is 0. The van der Waals surface area contributed by atoms with E-state index in [2.05, 4.69) is 109 Å². The first-order valence-corrected chi connectivity index (χ1v) is 15.3. The molecule has 3 aromatic heterocycles. The van der Waals surface area contributed by atoms with E-state index in [1.54, 1.807) is 0 Å². The maximum atomic E-state index is 6.21. The second kappa shape index (κ2) is 10.7. The van der Waals surface area contributed by atoms with Gasteiger partial charge in [0.1, 0.15) is 22.5 Å². The van der Waals surface area contributed by atoms with Crippen LogP contribution in [0.3, 0.4) is 0 Å². The van der Waals surface area contributed by atoms with E-state index in [0.717, 1.165) is 77.9 Å². The van der Waals surface area contributed by atoms with Gasteiger partial charge in [-0.3, -0.25) is 0 Å². The topological polar surface area (TPSA) is 52.1 Å². The van der Waals surface area contributed by atoms with E-state index in [4.69, 9.17) is 18.8 Å². The van der Waals surface area contributed by atoms with E-state index >= 15 is 0 Å². The monoisotopic (exact) mass is 590 g/mol. The summed E-state index contributed by atoms with van der Waals surface area (Å²) in [4.78, 5) is 10.2. The third-order valence-electron chi connectivity index (χ3n) is 8.54. The average molecular weight is 591 g/mol. The molecule has 0 unspecified atom stereocenters. The normalized spacial score (nSPS) is 11.5. The summed E-state index contributed by atoms with van der Waals surface area (Å²) in [6.45, 7) is 0. The zero-order valence-electron chi connectivity index (χ0n) is 24.7. The molecule has 0 N–H and O–H groups in total. The van der Waals surface area contributed by atoms with Crippen LogP contribution in [0, 0.1) is 0 Å². The molecule has 0 aliphatic carbocycles. The molecule has 0 aliphatic heterocycles. The lowest BCUT2D eigenvalue weighted by Crippen LogP contribution is -1.96. The van der Waals surface area contributed by atoms with Gasteiger partial charge < -0.3 is 8.83 Å². The van der Waals surface area contributed by atoms with E-state index < -0.39 is 0 Å². The highest BCUT2D eigenvalue weighted by Crippen LogP contribution is 2.35. The smallest absolute Gasteiger partial charge is 0.160 e. The SMILES string of the molecule is c1ccc(-c2ccc(-c3cc(-c4ccc(-c5cc6ccccc6o5)cc4)nc(-c4ccc5c(c4)oc4ccccc45)n3)cc2)cc1. The molecule has 6 aromatic carbocycles. The molecule has 0 amide bonds. The number of furan rings is 2. The first kappa shape index (κ1) is 26.2. The van der Waals surface area contributed by atoms with Crippen molar-refractivity contribution in [1.29, 1.82) is 0 Å². The molecule has 4 nitrogen and oxygen atoms in total. The molecule has 9 rings (SSSR count). The molecule has 0 saturated carbocycles. The predicted octanol–water partition coefficient (Wildman–Crippen LogP) is 11.5. The Bertz CT molecular complexity index is 2470. The van der Waals surface area contributed by atoms with Gasteiger partial charge in [-0.1, -0.05) is 121 Å². The van der Waals surface area contributed by atoms with Crippen molar-refractivity contribution in [2.45, 2.75) is 0 Å². The lowest BCUT2D eigenvalue weighted by molar-refractivity contribution is 0.631. The molecule has 0 radical (unpaired) electrons. The van der Waals surface area contributed by atoms with E-state index in [1.165, 1.54) is 5.56 Å². The maximum Gasteiger partial charge on any atom is 0.160 e. The molecule has 0 fully saturated rings. The van der Waals surface area contributed by atoms with Gasteiger partial charge in [-0.25, -0.2) is 9.97 Å². The van der Waals surface area contributed by atoms with Gasteiger partial charge in [-0.05, 0) is 47.5 Å². The molecule has 0 atom stereocenters. The number of benzene rings is 6. The molecule has 0 aliphatic rings. The number of hydrogen-bond donors (Lipinski definition) is 0. The van der Waals surface area contributed by atoms with Gasteiger partial charge in [0.25, 0.3) is 0 Å². The largest absolute Gasteiger partial charge is 0.456 e. The fourth-order valence-corrected chi connectivity index (χ4v) is 6.13. The van der Waals surface area contributed by atoms with Gasteiger partial charge in [-0.2, -0.15) is 0 Å². The first-order chi connectivity index (χ1) is 22.7. The summed E-state index contributed by atoms with van der Waals surface area (Å²) in [5.74, 6) is 1.48. The van der Waals surface area contributed by atoms with Crippen LogP contribution in [0.2, 0.25) is 0 Å². The van der Waals surface area contributed by atoms with E-state index in [1.807, 2.05) is 48.5 Å². The Balaban J connectivity index is 1.15. The summed E-state index contributed by atoms with van der Waals surface area (Å²) < 4.78 is 12.3. The number of para-hydroxylation sites is 2. The highest BCUT2D eigenvalue weighted by atomic mass is 16.3. The minimum atomic E-state index is 0.642. The Kier molecular flexibility index (Phi) is 6.10. The fraction of sp³-hybridized carbons (Fsp3) is 0. The second-order valence-corrected chi connectivity index (χ2v) is 11.4. The molecular weight excluding hydrogens is 564 g/mol. The number of aromatic nitrogens is 2. The Labute approximate surface area is 265 Å². The Morgan fingerprint density at radius 1 is 0.348 bits per heavy atom. The van der Waals surface area contributed by atoms with Crippen LogP contribution in [0.4, 0.5) is 0 Å². The second-order valence-electron chi connectivity index (χ2n) is 11.4. The van der Waals surface area contributed by atoms with Crippen molar-refractivity contribution in [1.82, 2.24) is 9.97 Å². The standard InChI is InChI=1S/C42H26N2O2/c1-2-8-27(9-3-1)28-14-16-29(17-15-28)36-26-37(30-18-20-31(21-19-30)40-24-32-10-4-6-12-38(32)45-40)44-42(43-36)33-22-23-35-34-11-5-7-13-39(34)46-41(35)25-33/h1-26H. The van der Waals surface area contributed by atoms with Crippen LogP contribution in [-0.2, 0) is 0 Å². The van der Waals surface area contributed by atoms with Crippen molar-refractivity contribution in [3.8, 4) is 56.4 Å². The zero-order chi connectivity index (χ0) is 30.5. The van der Waals surface area contributed by atoms with Gasteiger partial charge in [0, 0.05) is 38.4 Å². The van der Waals surface area contributed by atoms with Crippen molar-refractivity contribution < 1.29 is 8.83 Å². The molecule has 3 heterocycles. The van der Waals surface area contributed by atoms with Crippen molar-refractivity contribution in [2.75, 3.05) is 0 Å². The summed E-state index contributed by atoms with van der Waals surface area (Å²) in [7, 11) is 0. The lowest BCUT2D eigenvalue weighted by atomic mass is 10.0. The Morgan fingerprint density at radius 2 is 0.913 bits per heavy atom. The number of rotatable bonds is 5. The van der Waals surface area contributed by atoms with Gasteiger partial charge >= 0.3 is 0 Å². The predicted molar refractivity (Wildman–Crippen MR) is 186 cm³/mol. The number of nitrogens with zero attached hydrogens (tertiary/aromatic N) is 2. The fourth-order valence-electron chi connectivity index (χ4n) is 6.13. The number of fused-ring (bicyclic) bond motifs is 4. The van der Waals surface area contributed by atoms with Crippen molar-refractivity contribution >= 4 is 32.9 Å². The molecule has 9 aromatic rings. The summed E-state index contributed by atoms with van der Waals surface area (Å²) in [5, 5.41) is 3.27. The summed E-state index contributed by atoms with van der Waals surface area (Å²) in [5.41, 5.74) is 10.5. The molecule has 4 heteroatoms. The van der Waals surface area contributed by atoms with Crippen molar-refractivity contribution in [2.24, 2.45) is 0 Å². The third kappa shape index (κ3) is 4.64. The molecule has 216 valence electrons. The van der Waals surface area contributed by atoms with Crippen LogP contribution in [0.1, 0.15) is 0 Å². The molecular formula is C42H26N2O2. The van der Waals surface area contributed by atoms with Crippen LogP contribution in [0.5, 0.6) is 0 Å². The quantitative estimate of drug-likeness (QED) is 0.200. The lowest BCUT2D eigenvalue weighted by Gasteiger charge is -2.10. The highest BCUT2D eigenvalue weighted by molar-refractivity contribution is 6.05. The molecule has 0 saturated heterocycles. The van der Waals surface area contributed by atoms with E-state index in [0.29, 0.717) is 5.82 Å². The first-order valence-electron chi connectivity index (χ1n) is 15.3. The number of hydrogen-bond acceptors (Lipinski definition) is 4. The van der Waals surface area contributed by atoms with E-state index in [-0.39, 0.29) is 0 Å². The molecule has 0 spiro atoms. The third-order valence-corrected chi connectivity index (χ3v) is 8.54. The highest BCUT2D eigenvalue weighted by Gasteiger charge is 2.14. The van der Waals surface area contributed by atoms with Gasteiger partial charge in [-0.15, -0.1) is 0 Å². The minimum Gasteiger partial charge on any atom is -0.456 e. The maximum absolute atomic E-state index is 6.21. The summed E-state index contributed by atoms with van der Waals surface area (Å²) in [6, 6.07) is 53.9. The van der Waals surface area contributed by atoms with E-state index in [9.17, 15) is 0 Å². The molecule has 46 heavy (non-hydrogen) atoms. The van der Waals surface area contributed by atoms with Crippen molar-refractivity contribution in [3.63, 3.8) is 0 Å². The Hall–Kier alpha value is -6.26. The molecule has 0 bridgehead atoms. The zero-order valence-corrected chi connectivity index (χ0v) is 24.7. The van der Waals surface area contributed by atoms with Crippen LogP contribution in [0.25, 0.3) is 89.3 Å². The minimum absolute atomic E-state index is 0.642. The van der Waals surface area contributed by atoms with Gasteiger partial charge in [0.05, 0.1) is 11.4 Å². The van der Waals surface area contributed by atoms with Crippen LogP contribution in [0.15, 0.2) is 167 Å². The van der Waals surface area contributed by atoms with Gasteiger partial charge in [0.2, 0.25) is 0 Å². The van der Waals surface area contributed by atoms with Gasteiger partial charge in [0.15, 0.2) is 5.82 Å². The van der Waals surface area contributed by atoms with Crippen LogP contribution in [-0.4, -0.2) is 9.97 Å². The summed E-state index contributed by atoms with van der Waals surface area (Å²) >= 11 is 0.